The third-order valence-electron chi connectivity index (χ3n) is 13.5. The van der Waals surface area contributed by atoms with E-state index in [1.54, 1.807) is 42.8 Å². The van der Waals surface area contributed by atoms with Gasteiger partial charge in [0.1, 0.15) is 45.1 Å². The Labute approximate surface area is 405 Å². The highest BCUT2D eigenvalue weighted by Crippen LogP contribution is 2.46. The largest absolute Gasteiger partial charge is 0.497 e. The number of benzene rings is 1. The number of amides is 4. The standard InChI is InChI=1S/C48H62N8O9S3/c1-29(2)49-47-53-39(28-67-47)37-24-41(34-20-19-32(64-4)22-36(34)50-37)65-33-23-40-43(57)54-48(45(59)60)25-31(48)16-11-6-5-7-12-17-35(44(58)56(40)26-33)51-46(61)52-38(30-14-9-8-10-15-30)27-55(3)68(62,63)42-18-13-21-66-42/h11,13,16,18-22,24,28-31,33,35,38,40H,5-10,12,14-15,17,23,25-27H2,1-4H3,(H,49,53)(H,54,57)(H,59,60)(H2,51,52,61)/t31?,33-,35+,38-,40+,48-/m1/s1. The number of carbonyl (C=O) groups is 4. The van der Waals surface area contributed by atoms with E-state index in [1.807, 2.05) is 37.4 Å². The SMILES string of the molecule is COc1ccc2c(O[C@@H]3C[C@H]4C(=O)N[C@]5(C(=O)O)CC5C=CCCCCC[C@H](NC(=O)N[C@H](CN(C)S(=O)(=O)c5cccs5)C5CCCCC5)C(=O)N4C3)cc(-c3csc(NC(C)C)n3)nc2c1. The normalized spacial score (nSPS) is 24.4. The van der Waals surface area contributed by atoms with E-state index < -0.39 is 69.5 Å². The number of pyridine rings is 1. The van der Waals surface area contributed by atoms with E-state index in [2.05, 4.69) is 21.3 Å². The quantitative estimate of drug-likeness (QED) is 0.0806. The Kier molecular flexibility index (Phi) is 15.3. The van der Waals surface area contributed by atoms with Gasteiger partial charge in [0.2, 0.25) is 11.8 Å². The van der Waals surface area contributed by atoms with Crippen molar-refractivity contribution >= 4 is 72.5 Å². The predicted octanol–water partition coefficient (Wildman–Crippen LogP) is 7.01. The van der Waals surface area contributed by atoms with Crippen molar-refractivity contribution in [2.45, 2.75) is 131 Å². The summed E-state index contributed by atoms with van der Waals surface area (Å²) in [5.74, 6) is -1.61. The molecule has 1 aromatic carbocycles. The van der Waals surface area contributed by atoms with Gasteiger partial charge in [0.25, 0.3) is 10.0 Å². The molecule has 1 saturated heterocycles. The molecule has 4 aromatic rings. The predicted molar refractivity (Wildman–Crippen MR) is 261 cm³/mol. The maximum Gasteiger partial charge on any atom is 0.330 e. The van der Waals surface area contributed by atoms with Crippen LogP contribution in [0.1, 0.15) is 90.9 Å². The first-order valence-corrected chi connectivity index (χ1v) is 26.8. The van der Waals surface area contributed by atoms with Crippen LogP contribution in [0.3, 0.4) is 0 Å². The molecule has 4 aliphatic rings. The third kappa shape index (κ3) is 11.1. The summed E-state index contributed by atoms with van der Waals surface area (Å²) in [7, 11) is -0.717. The lowest BCUT2D eigenvalue weighted by Crippen LogP contribution is -2.58. The number of carboxylic acids is 1. The van der Waals surface area contributed by atoms with Crippen LogP contribution in [-0.4, -0.2) is 120 Å². The average molecular weight is 991 g/mol. The number of allylic oxidation sites excluding steroid dienone is 1. The first-order valence-electron chi connectivity index (χ1n) is 23.6. The Hall–Kier alpha value is -5.31. The fourth-order valence-electron chi connectivity index (χ4n) is 9.72. The van der Waals surface area contributed by atoms with Gasteiger partial charge in [-0.1, -0.05) is 50.3 Å². The van der Waals surface area contributed by atoms with Crippen molar-refractivity contribution in [2.24, 2.45) is 11.8 Å². The summed E-state index contributed by atoms with van der Waals surface area (Å²) in [4.78, 5) is 67.7. The molecule has 5 N–H and O–H groups in total. The van der Waals surface area contributed by atoms with E-state index in [4.69, 9.17) is 19.4 Å². The number of ether oxygens (including phenoxy) is 2. The molecular weight excluding hydrogens is 929 g/mol. The van der Waals surface area contributed by atoms with E-state index in [0.717, 1.165) is 61.4 Å². The monoisotopic (exact) mass is 990 g/mol. The number of hydrogen-bond acceptors (Lipinski definition) is 13. The second-order valence-corrected chi connectivity index (χ2v) is 22.8. The van der Waals surface area contributed by atoms with E-state index in [-0.39, 0.29) is 48.5 Å². The van der Waals surface area contributed by atoms with Gasteiger partial charge in [-0.3, -0.25) is 9.59 Å². The molecule has 0 spiro atoms. The van der Waals surface area contributed by atoms with Gasteiger partial charge in [-0.2, -0.15) is 4.31 Å². The van der Waals surface area contributed by atoms with Gasteiger partial charge >= 0.3 is 12.0 Å². The Morgan fingerprint density at radius 2 is 1.81 bits per heavy atom. The summed E-state index contributed by atoms with van der Waals surface area (Å²) in [6.45, 7) is 4.06. The van der Waals surface area contributed by atoms with Crippen LogP contribution >= 0.6 is 22.7 Å². The molecule has 0 radical (unpaired) electrons. The van der Waals surface area contributed by atoms with Crippen LogP contribution in [0.4, 0.5) is 9.93 Å². The van der Waals surface area contributed by atoms with E-state index >= 15 is 4.79 Å². The van der Waals surface area contributed by atoms with Crippen LogP contribution in [0, 0.1) is 11.8 Å². The lowest BCUT2D eigenvalue weighted by atomic mass is 9.84. The highest BCUT2D eigenvalue weighted by Gasteiger charge is 2.61. The second kappa shape index (κ2) is 21.1. The molecule has 2 saturated carbocycles. The molecule has 1 unspecified atom stereocenters. The van der Waals surface area contributed by atoms with Gasteiger partial charge in [-0.05, 0) is 81.9 Å². The van der Waals surface area contributed by atoms with Crippen molar-refractivity contribution in [3.63, 3.8) is 0 Å². The number of nitrogens with zero attached hydrogens (tertiary/aromatic N) is 4. The second-order valence-electron chi connectivity index (χ2n) is 18.7. The number of aromatic nitrogens is 2. The van der Waals surface area contributed by atoms with Gasteiger partial charge in [0.05, 0.1) is 24.9 Å². The van der Waals surface area contributed by atoms with Gasteiger partial charge < -0.3 is 40.7 Å². The molecule has 8 rings (SSSR count). The molecule has 2 aliphatic heterocycles. The number of thiophene rings is 1. The van der Waals surface area contributed by atoms with Crippen LogP contribution in [-0.2, 0) is 24.4 Å². The summed E-state index contributed by atoms with van der Waals surface area (Å²) in [6, 6.07) is 7.30. The lowest BCUT2D eigenvalue weighted by molar-refractivity contribution is -0.145. The molecule has 3 aromatic heterocycles. The number of anilines is 1. The van der Waals surface area contributed by atoms with Crippen LogP contribution in [0.5, 0.6) is 11.5 Å². The maximum atomic E-state index is 15.1. The van der Waals surface area contributed by atoms with E-state index in [0.29, 0.717) is 46.6 Å². The number of hydrogen-bond donors (Lipinski definition) is 5. The van der Waals surface area contributed by atoms with Crippen molar-refractivity contribution in [3.8, 4) is 22.9 Å². The minimum absolute atomic E-state index is 0.0182. The number of aliphatic carboxylic acids is 1. The average Bonchev–Trinajstić information content (AvgIpc) is 3.79. The zero-order chi connectivity index (χ0) is 48.2. The first kappa shape index (κ1) is 49.1. The maximum absolute atomic E-state index is 15.1. The molecule has 4 amide bonds. The number of fused-ring (bicyclic) bond motifs is 3. The summed E-state index contributed by atoms with van der Waals surface area (Å²) in [5.41, 5.74) is 0.243. The Morgan fingerprint density at radius 3 is 2.54 bits per heavy atom. The molecule has 5 heterocycles. The molecule has 3 fully saturated rings. The Morgan fingerprint density at radius 1 is 1.03 bits per heavy atom. The van der Waals surface area contributed by atoms with Crippen molar-refractivity contribution in [1.29, 1.82) is 0 Å². The first-order chi connectivity index (χ1) is 32.6. The minimum Gasteiger partial charge on any atom is -0.497 e. The highest BCUT2D eigenvalue weighted by atomic mass is 32.2. The lowest BCUT2D eigenvalue weighted by Gasteiger charge is -2.34. The van der Waals surface area contributed by atoms with E-state index in [1.165, 1.54) is 27.6 Å². The van der Waals surface area contributed by atoms with Crippen molar-refractivity contribution in [2.75, 3.05) is 32.6 Å². The fourth-order valence-corrected chi connectivity index (χ4v) is 13.0. The van der Waals surface area contributed by atoms with Gasteiger partial charge in [0, 0.05) is 60.9 Å². The third-order valence-corrected chi connectivity index (χ3v) is 17.5. The molecule has 17 nitrogen and oxygen atoms in total. The molecule has 366 valence electrons. The summed E-state index contributed by atoms with van der Waals surface area (Å²) >= 11 is 2.59. The summed E-state index contributed by atoms with van der Waals surface area (Å²) < 4.78 is 40.9. The van der Waals surface area contributed by atoms with Gasteiger partial charge in [0.15, 0.2) is 5.13 Å². The topological polar surface area (TPSA) is 221 Å². The van der Waals surface area contributed by atoms with Gasteiger partial charge in [-0.15, -0.1) is 22.7 Å². The number of likely N-dealkylation sites (N-methyl/N-ethyl adjacent to an activating group) is 1. The Bertz CT molecular complexity index is 2600. The zero-order valence-electron chi connectivity index (χ0n) is 38.9. The molecule has 20 heteroatoms. The smallest absolute Gasteiger partial charge is 0.330 e. The molecular formula is C48H62N8O9S3. The van der Waals surface area contributed by atoms with Crippen LogP contribution in [0.15, 0.2) is 63.5 Å². The molecule has 0 bridgehead atoms. The van der Waals surface area contributed by atoms with Crippen molar-refractivity contribution < 1.29 is 42.2 Å². The van der Waals surface area contributed by atoms with Crippen LogP contribution in [0.25, 0.3) is 22.3 Å². The fraction of sp³-hybridized carbons (Fsp3) is 0.542. The summed E-state index contributed by atoms with van der Waals surface area (Å²) in [5, 5.41) is 27.7. The highest BCUT2D eigenvalue weighted by molar-refractivity contribution is 7.91. The number of carbonyl (C=O) groups excluding carboxylic acids is 3. The van der Waals surface area contributed by atoms with Crippen molar-refractivity contribution in [1.82, 2.24) is 35.1 Å². The number of thiazole rings is 1. The molecule has 68 heavy (non-hydrogen) atoms. The number of rotatable bonds is 14. The Balaban J connectivity index is 1.08. The van der Waals surface area contributed by atoms with Gasteiger partial charge in [-0.25, -0.2) is 28.0 Å². The zero-order valence-corrected chi connectivity index (χ0v) is 41.4. The number of carboxylic acid groups (broad SMARTS) is 1. The number of sulfonamides is 1. The minimum atomic E-state index is -3.81. The van der Waals surface area contributed by atoms with E-state index in [9.17, 15) is 27.9 Å². The number of urea groups is 1. The van der Waals surface area contributed by atoms with Crippen molar-refractivity contribution in [3.05, 3.63) is 59.3 Å². The van der Waals surface area contributed by atoms with Crippen LogP contribution in [0.2, 0.25) is 0 Å². The van der Waals surface area contributed by atoms with Crippen LogP contribution < -0.4 is 30.7 Å². The molecule has 2 aliphatic carbocycles. The molecule has 6 atom stereocenters. The summed E-state index contributed by atoms with van der Waals surface area (Å²) in [6.07, 6.45) is 11.1. The number of methoxy groups -OCH3 is 1. The number of nitrogens with one attached hydrogen (secondary N) is 4.